The number of phosphoric acid groups is 2. The minimum Gasteiger partial charge on any atom is -0.462 e. The Morgan fingerprint density at radius 3 is 0.773 bits per heavy atom. The third-order valence-electron chi connectivity index (χ3n) is 16.0. The fourth-order valence-corrected chi connectivity index (χ4v) is 12.0. The molecule has 0 aliphatic heterocycles. The van der Waals surface area contributed by atoms with E-state index < -0.39 is 97.5 Å². The van der Waals surface area contributed by atoms with Gasteiger partial charge in [0.25, 0.3) is 0 Å². The van der Waals surface area contributed by atoms with E-state index in [2.05, 4.69) is 41.5 Å². The molecular weight excluding hydrogens is 1160 g/mol. The van der Waals surface area contributed by atoms with Crippen molar-refractivity contribution >= 4 is 39.5 Å². The van der Waals surface area contributed by atoms with Crippen LogP contribution in [0.25, 0.3) is 0 Å². The van der Waals surface area contributed by atoms with Gasteiger partial charge in [-0.1, -0.05) is 298 Å². The molecular formula is C69H134O17P2. The molecule has 0 bridgehead atoms. The summed E-state index contributed by atoms with van der Waals surface area (Å²) in [6.45, 7) is 9.47. The highest BCUT2D eigenvalue weighted by molar-refractivity contribution is 7.47. The molecule has 0 aromatic rings. The Morgan fingerprint density at radius 2 is 0.523 bits per heavy atom. The number of aliphatic hydroxyl groups is 1. The molecule has 0 spiro atoms. The summed E-state index contributed by atoms with van der Waals surface area (Å²) < 4.78 is 68.1. The van der Waals surface area contributed by atoms with E-state index in [0.717, 1.165) is 115 Å². The Kier molecular flexibility index (Phi) is 59.9. The van der Waals surface area contributed by atoms with Gasteiger partial charge in [-0.25, -0.2) is 9.13 Å². The van der Waals surface area contributed by atoms with Crippen LogP contribution in [0.5, 0.6) is 0 Å². The number of rotatable bonds is 68. The van der Waals surface area contributed by atoms with Crippen LogP contribution in [0, 0.1) is 11.8 Å². The zero-order chi connectivity index (χ0) is 65.0. The molecule has 0 heterocycles. The molecule has 17 nitrogen and oxygen atoms in total. The Balaban J connectivity index is 5.21. The number of hydrogen-bond acceptors (Lipinski definition) is 15. The SMILES string of the molecule is CCCCCCCCCCCCCCCCCCC(=O)O[C@H](COC(=O)CCCCCCCCCCCCCC(C)C)COP(=O)(O)OC[C@@H](O)COP(=O)(O)OC[C@@H](COC(=O)CCCCCCCCC)OC(=O)CCCCCCCCCCC(C)C. The molecule has 0 aliphatic rings. The summed E-state index contributed by atoms with van der Waals surface area (Å²) in [5, 5.41) is 10.6. The van der Waals surface area contributed by atoms with Gasteiger partial charge in [-0.3, -0.25) is 37.3 Å². The number of phosphoric ester groups is 2. The molecule has 0 radical (unpaired) electrons. The van der Waals surface area contributed by atoms with Crippen molar-refractivity contribution < 1.29 is 80.2 Å². The molecule has 0 rings (SSSR count). The highest BCUT2D eigenvalue weighted by Gasteiger charge is 2.30. The molecule has 19 heteroatoms. The van der Waals surface area contributed by atoms with Crippen molar-refractivity contribution in [3.8, 4) is 0 Å². The minimum atomic E-state index is -4.95. The average molecular weight is 1300 g/mol. The third kappa shape index (κ3) is 62.8. The fourth-order valence-electron chi connectivity index (χ4n) is 10.4. The van der Waals surface area contributed by atoms with Gasteiger partial charge in [-0.05, 0) is 37.5 Å². The quantitative estimate of drug-likeness (QED) is 0.0222. The summed E-state index contributed by atoms with van der Waals surface area (Å²) in [6.07, 6.45) is 46.0. The summed E-state index contributed by atoms with van der Waals surface area (Å²) in [6, 6.07) is 0. The Bertz CT molecular complexity index is 1720. The van der Waals surface area contributed by atoms with Crippen LogP contribution < -0.4 is 0 Å². The number of carbonyl (C=O) groups excluding carboxylic acids is 4. The molecule has 0 aromatic carbocycles. The van der Waals surface area contributed by atoms with E-state index in [1.54, 1.807) is 0 Å². The molecule has 0 saturated heterocycles. The predicted octanol–water partition coefficient (Wildman–Crippen LogP) is 19.6. The molecule has 5 atom stereocenters. The van der Waals surface area contributed by atoms with Gasteiger partial charge in [0, 0.05) is 25.7 Å². The number of carbonyl (C=O) groups is 4. The van der Waals surface area contributed by atoms with Crippen molar-refractivity contribution in [1.82, 2.24) is 0 Å². The van der Waals surface area contributed by atoms with Crippen LogP contribution in [0.4, 0.5) is 0 Å². The Labute approximate surface area is 537 Å². The number of aliphatic hydroxyl groups excluding tert-OH is 1. The van der Waals surface area contributed by atoms with Gasteiger partial charge in [0.15, 0.2) is 12.2 Å². The van der Waals surface area contributed by atoms with Crippen LogP contribution in [-0.4, -0.2) is 96.7 Å². The summed E-state index contributed by atoms with van der Waals surface area (Å²) in [5.41, 5.74) is 0. The first-order chi connectivity index (χ1) is 42.4. The monoisotopic (exact) mass is 1300 g/mol. The number of esters is 4. The maximum absolute atomic E-state index is 13.0. The van der Waals surface area contributed by atoms with Gasteiger partial charge in [-0.15, -0.1) is 0 Å². The van der Waals surface area contributed by atoms with Crippen molar-refractivity contribution in [1.29, 1.82) is 0 Å². The average Bonchev–Trinajstić information content (AvgIpc) is 3.60. The first kappa shape index (κ1) is 86.1. The van der Waals surface area contributed by atoms with Crippen LogP contribution in [0.2, 0.25) is 0 Å². The van der Waals surface area contributed by atoms with Gasteiger partial charge < -0.3 is 33.8 Å². The van der Waals surface area contributed by atoms with Crippen molar-refractivity contribution in [3.05, 3.63) is 0 Å². The standard InChI is InChI=1S/C69H134O17P2/c1-7-9-11-13-15-16-17-18-19-20-21-24-28-35-41-47-53-68(73)85-65(58-80-67(72)52-46-40-34-27-25-22-23-26-32-37-43-49-61(3)4)60-84-88(77,78)82-56-63(70)55-81-87(75,76)83-59-64(57-79-66(71)51-45-39-31-14-12-10-8-2)86-69(74)54-48-42-36-30-29-33-38-44-50-62(5)6/h61-65,70H,7-60H2,1-6H3,(H,75,76)(H,77,78)/t63-,64+,65+/m0/s1. The smallest absolute Gasteiger partial charge is 0.462 e. The summed E-state index contributed by atoms with van der Waals surface area (Å²) in [4.78, 5) is 72.4. The van der Waals surface area contributed by atoms with E-state index in [0.29, 0.717) is 25.7 Å². The van der Waals surface area contributed by atoms with Crippen LogP contribution >= 0.6 is 15.6 Å². The first-order valence-corrected chi connectivity index (χ1v) is 39.0. The van der Waals surface area contributed by atoms with Crippen LogP contribution in [0.1, 0.15) is 350 Å². The van der Waals surface area contributed by atoms with Gasteiger partial charge in [0.05, 0.1) is 26.4 Å². The fraction of sp³-hybridized carbons (Fsp3) is 0.942. The van der Waals surface area contributed by atoms with E-state index in [9.17, 15) is 43.2 Å². The largest absolute Gasteiger partial charge is 0.472 e. The summed E-state index contributed by atoms with van der Waals surface area (Å²) in [5.74, 6) is -0.641. The third-order valence-corrected chi connectivity index (χ3v) is 17.9. The lowest BCUT2D eigenvalue weighted by molar-refractivity contribution is -0.161. The Hall–Kier alpha value is -1.94. The van der Waals surface area contributed by atoms with Crippen molar-refractivity contribution in [3.63, 3.8) is 0 Å². The second-order valence-corrected chi connectivity index (χ2v) is 28.8. The normalized spacial score (nSPS) is 14.2. The van der Waals surface area contributed by atoms with E-state index in [1.807, 2.05) is 0 Å². The molecule has 2 unspecified atom stereocenters. The molecule has 0 aliphatic carbocycles. The van der Waals surface area contributed by atoms with Gasteiger partial charge in [-0.2, -0.15) is 0 Å². The summed E-state index contributed by atoms with van der Waals surface area (Å²) in [7, 11) is -9.89. The van der Waals surface area contributed by atoms with Crippen molar-refractivity contribution in [2.24, 2.45) is 11.8 Å². The maximum Gasteiger partial charge on any atom is 0.472 e. The second-order valence-electron chi connectivity index (χ2n) is 25.9. The first-order valence-electron chi connectivity index (χ1n) is 36.0. The van der Waals surface area contributed by atoms with Gasteiger partial charge in [0.1, 0.15) is 19.3 Å². The molecule has 0 fully saturated rings. The number of hydrogen-bond donors (Lipinski definition) is 3. The van der Waals surface area contributed by atoms with Crippen LogP contribution in [0.15, 0.2) is 0 Å². The molecule has 0 saturated carbocycles. The van der Waals surface area contributed by atoms with Crippen LogP contribution in [0.3, 0.4) is 0 Å². The van der Waals surface area contributed by atoms with Crippen molar-refractivity contribution in [2.75, 3.05) is 39.6 Å². The maximum atomic E-state index is 13.0. The zero-order valence-electron chi connectivity index (χ0n) is 57.0. The highest BCUT2D eigenvalue weighted by Crippen LogP contribution is 2.45. The van der Waals surface area contributed by atoms with Crippen LogP contribution in [-0.2, 0) is 65.4 Å². The second kappa shape index (κ2) is 61.3. The molecule has 3 N–H and O–H groups in total. The van der Waals surface area contributed by atoms with E-state index >= 15 is 0 Å². The minimum absolute atomic E-state index is 0.104. The van der Waals surface area contributed by atoms with Gasteiger partial charge >= 0.3 is 39.5 Å². The van der Waals surface area contributed by atoms with E-state index in [4.69, 9.17) is 37.0 Å². The molecule has 0 amide bonds. The number of unbranched alkanes of at least 4 members (excludes halogenated alkanes) is 38. The van der Waals surface area contributed by atoms with Crippen molar-refractivity contribution in [2.45, 2.75) is 368 Å². The lowest BCUT2D eigenvalue weighted by atomic mass is 10.0. The molecule has 0 aromatic heterocycles. The lowest BCUT2D eigenvalue weighted by Gasteiger charge is -2.21. The zero-order valence-corrected chi connectivity index (χ0v) is 58.8. The highest BCUT2D eigenvalue weighted by atomic mass is 31.2. The summed E-state index contributed by atoms with van der Waals surface area (Å²) >= 11 is 0. The topological polar surface area (TPSA) is 237 Å². The van der Waals surface area contributed by atoms with E-state index in [1.165, 1.54) is 154 Å². The lowest BCUT2D eigenvalue weighted by Crippen LogP contribution is -2.30. The molecule has 88 heavy (non-hydrogen) atoms. The Morgan fingerprint density at radius 1 is 0.307 bits per heavy atom. The van der Waals surface area contributed by atoms with Gasteiger partial charge in [0.2, 0.25) is 0 Å². The number of ether oxygens (including phenoxy) is 4. The van der Waals surface area contributed by atoms with E-state index in [-0.39, 0.29) is 25.7 Å². The predicted molar refractivity (Wildman–Crippen MR) is 354 cm³/mol. The molecule has 522 valence electrons.